The first-order valence-electron chi connectivity index (χ1n) is 7.03. The van der Waals surface area contributed by atoms with Gasteiger partial charge in [-0.2, -0.15) is 0 Å². The monoisotopic (exact) mass is 348 g/mol. The van der Waals surface area contributed by atoms with Crippen LogP contribution in [0.4, 0.5) is 0 Å². The van der Waals surface area contributed by atoms with E-state index < -0.39 is 6.10 Å². The van der Waals surface area contributed by atoms with Gasteiger partial charge in [0.15, 0.2) is 0 Å². The van der Waals surface area contributed by atoms with E-state index in [2.05, 4.69) is 48.8 Å². The highest BCUT2D eigenvalue weighted by Gasteiger charge is 2.13. The van der Waals surface area contributed by atoms with Gasteiger partial charge in [0.05, 0.1) is 10.6 Å². The minimum Gasteiger partial charge on any atom is -0.456 e. The van der Waals surface area contributed by atoms with Gasteiger partial charge < -0.3 is 9.84 Å². The molecule has 1 unspecified atom stereocenters. The fourth-order valence-corrected chi connectivity index (χ4v) is 2.49. The molecule has 0 saturated carbocycles. The number of benzene rings is 2. The Morgan fingerprint density at radius 1 is 1.05 bits per heavy atom. The van der Waals surface area contributed by atoms with Crippen LogP contribution in [0.2, 0.25) is 0 Å². The summed E-state index contributed by atoms with van der Waals surface area (Å²) in [5.41, 5.74) is 2.27. The largest absolute Gasteiger partial charge is 0.456 e. The number of aliphatic hydroxyl groups excluding tert-OH is 1. The molecule has 1 N–H and O–H groups in total. The first-order chi connectivity index (χ1) is 9.77. The van der Waals surface area contributed by atoms with E-state index >= 15 is 0 Å². The summed E-state index contributed by atoms with van der Waals surface area (Å²) in [4.78, 5) is 0. The fraction of sp³-hybridized carbons (Fsp3) is 0.333. The van der Waals surface area contributed by atoms with E-state index in [1.54, 1.807) is 6.92 Å². The zero-order chi connectivity index (χ0) is 15.6. The molecule has 0 aromatic heterocycles. The van der Waals surface area contributed by atoms with Crippen LogP contribution in [0.15, 0.2) is 46.9 Å². The zero-order valence-electron chi connectivity index (χ0n) is 12.9. The summed E-state index contributed by atoms with van der Waals surface area (Å²) in [6.07, 6.45) is -0.485. The Kier molecular flexibility index (Phi) is 4.74. The van der Waals surface area contributed by atoms with Gasteiger partial charge in [0.25, 0.3) is 0 Å². The second-order valence-electron chi connectivity index (χ2n) is 6.24. The molecule has 2 nitrogen and oxygen atoms in total. The molecule has 112 valence electrons. The molecule has 2 aromatic rings. The molecule has 0 aliphatic heterocycles. The van der Waals surface area contributed by atoms with Crippen LogP contribution < -0.4 is 4.74 Å². The predicted octanol–water partition coefficient (Wildman–Crippen LogP) is 5.59. The Bertz CT molecular complexity index is 610. The van der Waals surface area contributed by atoms with Crippen LogP contribution in [0.5, 0.6) is 11.5 Å². The summed E-state index contributed by atoms with van der Waals surface area (Å²) in [5.74, 6) is 1.54. The summed E-state index contributed by atoms with van der Waals surface area (Å²) < 4.78 is 6.72. The Morgan fingerprint density at radius 3 is 2.14 bits per heavy atom. The van der Waals surface area contributed by atoms with E-state index in [0.29, 0.717) is 0 Å². The average molecular weight is 349 g/mol. The van der Waals surface area contributed by atoms with Crippen LogP contribution in [0, 0.1) is 0 Å². The lowest BCUT2D eigenvalue weighted by molar-refractivity contribution is 0.199. The summed E-state index contributed by atoms with van der Waals surface area (Å²) in [7, 11) is 0. The molecule has 3 heteroatoms. The number of hydrogen-bond donors (Lipinski definition) is 1. The van der Waals surface area contributed by atoms with Crippen molar-refractivity contribution < 1.29 is 9.84 Å². The quantitative estimate of drug-likeness (QED) is 0.782. The van der Waals surface area contributed by atoms with Crippen molar-refractivity contribution in [2.75, 3.05) is 0 Å². The van der Waals surface area contributed by atoms with E-state index in [1.807, 2.05) is 30.3 Å². The van der Waals surface area contributed by atoms with Gasteiger partial charge in [-0.25, -0.2) is 0 Å². The van der Waals surface area contributed by atoms with Gasteiger partial charge in [-0.05, 0) is 63.7 Å². The van der Waals surface area contributed by atoms with Crippen molar-refractivity contribution in [2.24, 2.45) is 0 Å². The van der Waals surface area contributed by atoms with E-state index in [-0.39, 0.29) is 5.41 Å². The van der Waals surface area contributed by atoms with Crippen molar-refractivity contribution in [1.82, 2.24) is 0 Å². The SMILES string of the molecule is CC(O)c1ccc(Oc2ccc(C(C)(C)C)cc2)c(Br)c1. The van der Waals surface area contributed by atoms with Gasteiger partial charge in [0, 0.05) is 0 Å². The smallest absolute Gasteiger partial charge is 0.141 e. The molecule has 21 heavy (non-hydrogen) atoms. The topological polar surface area (TPSA) is 29.5 Å². The number of ether oxygens (including phenoxy) is 1. The Hall–Kier alpha value is -1.32. The molecule has 0 heterocycles. The first-order valence-corrected chi connectivity index (χ1v) is 7.82. The van der Waals surface area contributed by atoms with Crippen LogP contribution in [-0.4, -0.2) is 5.11 Å². The molecule has 0 aliphatic carbocycles. The molecule has 1 atom stereocenters. The highest BCUT2D eigenvalue weighted by molar-refractivity contribution is 9.10. The molecule has 0 saturated heterocycles. The third-order valence-corrected chi connectivity index (χ3v) is 4.01. The Balaban J connectivity index is 2.19. The molecular formula is C18H21BrO2. The van der Waals surface area contributed by atoms with Crippen molar-refractivity contribution in [3.63, 3.8) is 0 Å². The maximum atomic E-state index is 9.57. The number of rotatable bonds is 3. The van der Waals surface area contributed by atoms with Gasteiger partial charge in [-0.15, -0.1) is 0 Å². The molecule has 0 radical (unpaired) electrons. The lowest BCUT2D eigenvalue weighted by Gasteiger charge is -2.19. The molecule has 0 spiro atoms. The van der Waals surface area contributed by atoms with Crippen molar-refractivity contribution in [2.45, 2.75) is 39.2 Å². The Labute approximate surface area is 134 Å². The third-order valence-electron chi connectivity index (χ3n) is 3.39. The maximum absolute atomic E-state index is 9.57. The normalized spacial score (nSPS) is 13.0. The summed E-state index contributed by atoms with van der Waals surface area (Å²) in [6, 6.07) is 13.8. The van der Waals surface area contributed by atoms with E-state index in [1.165, 1.54) is 5.56 Å². The fourth-order valence-electron chi connectivity index (χ4n) is 2.01. The zero-order valence-corrected chi connectivity index (χ0v) is 14.4. The van der Waals surface area contributed by atoms with Gasteiger partial charge in [0.1, 0.15) is 11.5 Å². The average Bonchev–Trinajstić information content (AvgIpc) is 2.40. The highest BCUT2D eigenvalue weighted by atomic mass is 79.9. The Morgan fingerprint density at radius 2 is 1.67 bits per heavy atom. The van der Waals surface area contributed by atoms with Crippen LogP contribution in [0.3, 0.4) is 0 Å². The first kappa shape index (κ1) is 16.1. The predicted molar refractivity (Wildman–Crippen MR) is 90.0 cm³/mol. The van der Waals surface area contributed by atoms with Crippen molar-refractivity contribution in [3.8, 4) is 11.5 Å². The van der Waals surface area contributed by atoms with Gasteiger partial charge in [0.2, 0.25) is 0 Å². The van der Waals surface area contributed by atoms with Gasteiger partial charge >= 0.3 is 0 Å². The van der Waals surface area contributed by atoms with Crippen molar-refractivity contribution in [1.29, 1.82) is 0 Å². The standard InChI is InChI=1S/C18H21BrO2/c1-12(20)13-5-10-17(16(19)11-13)21-15-8-6-14(7-9-15)18(2,3)4/h5-12,20H,1-4H3. The van der Waals surface area contributed by atoms with Gasteiger partial charge in [-0.1, -0.05) is 39.0 Å². The van der Waals surface area contributed by atoms with Crippen molar-refractivity contribution in [3.05, 3.63) is 58.1 Å². The highest BCUT2D eigenvalue weighted by Crippen LogP contribution is 2.33. The van der Waals surface area contributed by atoms with Crippen molar-refractivity contribution >= 4 is 15.9 Å². The number of aliphatic hydroxyl groups is 1. The van der Waals surface area contributed by atoms with Gasteiger partial charge in [-0.3, -0.25) is 0 Å². The number of halogens is 1. The summed E-state index contributed by atoms with van der Waals surface area (Å²) >= 11 is 3.48. The summed E-state index contributed by atoms with van der Waals surface area (Å²) in [5, 5.41) is 9.57. The van der Waals surface area contributed by atoms with Crippen LogP contribution >= 0.6 is 15.9 Å². The molecule has 0 aliphatic rings. The van der Waals surface area contributed by atoms with Crippen LogP contribution in [-0.2, 0) is 5.41 Å². The molecular weight excluding hydrogens is 328 g/mol. The van der Waals surface area contributed by atoms with Crippen LogP contribution in [0.1, 0.15) is 44.9 Å². The lowest BCUT2D eigenvalue weighted by atomic mass is 9.87. The maximum Gasteiger partial charge on any atom is 0.141 e. The minimum atomic E-state index is -0.485. The molecule has 2 aromatic carbocycles. The minimum absolute atomic E-state index is 0.137. The second kappa shape index (κ2) is 6.20. The van der Waals surface area contributed by atoms with Crippen LogP contribution in [0.25, 0.3) is 0 Å². The summed E-state index contributed by atoms with van der Waals surface area (Å²) in [6.45, 7) is 8.31. The lowest BCUT2D eigenvalue weighted by Crippen LogP contribution is -2.10. The molecule has 0 bridgehead atoms. The molecule has 0 amide bonds. The van der Waals surface area contributed by atoms with E-state index in [4.69, 9.17) is 4.74 Å². The number of hydrogen-bond acceptors (Lipinski definition) is 2. The van der Waals surface area contributed by atoms with E-state index in [9.17, 15) is 5.11 Å². The molecule has 2 rings (SSSR count). The van der Waals surface area contributed by atoms with E-state index in [0.717, 1.165) is 21.5 Å². The third kappa shape index (κ3) is 4.08. The second-order valence-corrected chi connectivity index (χ2v) is 7.10. The molecule has 0 fully saturated rings.